The molecule has 2 aliphatic heterocycles. The number of pyridine rings is 1. The van der Waals surface area contributed by atoms with Crippen LogP contribution in [0.3, 0.4) is 0 Å². The Balaban J connectivity index is 1.43. The number of benzene rings is 1. The molecule has 3 N–H and O–H groups in total. The van der Waals surface area contributed by atoms with Gasteiger partial charge in [-0.3, -0.25) is 24.0 Å². The topological polar surface area (TPSA) is 185 Å². The predicted octanol–water partition coefficient (Wildman–Crippen LogP) is 6.04. The Morgan fingerprint density at radius 2 is 1.85 bits per heavy atom. The Morgan fingerprint density at radius 1 is 1.14 bits per heavy atom. The summed E-state index contributed by atoms with van der Waals surface area (Å²) in [6.45, 7) is 10.1. The molecule has 0 bridgehead atoms. The highest BCUT2D eigenvalue weighted by atomic mass is 32.2. The average Bonchev–Trinajstić information content (AvgIpc) is 4.03. The summed E-state index contributed by atoms with van der Waals surface area (Å²) in [6.07, 6.45) is 5.00. The zero-order chi connectivity index (χ0) is 43.3. The number of fused-ring (bicyclic) bond motifs is 3. The summed E-state index contributed by atoms with van der Waals surface area (Å²) in [4.78, 5) is 63.3. The molecule has 3 heterocycles. The van der Waals surface area contributed by atoms with Gasteiger partial charge in [0.15, 0.2) is 0 Å². The molecule has 1 saturated heterocycles. The molecule has 2 saturated carbocycles. The third kappa shape index (κ3) is 8.58. The molecule has 3 fully saturated rings. The van der Waals surface area contributed by atoms with Crippen molar-refractivity contribution < 1.29 is 51.0 Å². The van der Waals surface area contributed by atoms with Gasteiger partial charge in [-0.25, -0.2) is 27.0 Å². The van der Waals surface area contributed by atoms with Crippen LogP contribution < -0.4 is 19.5 Å². The predicted molar refractivity (Wildman–Crippen MR) is 215 cm³/mol. The van der Waals surface area contributed by atoms with Crippen molar-refractivity contribution in [2.24, 2.45) is 17.8 Å². The Morgan fingerprint density at radius 3 is 2.47 bits per heavy atom. The van der Waals surface area contributed by atoms with Crippen LogP contribution in [0.4, 0.5) is 13.6 Å². The highest BCUT2D eigenvalue weighted by Crippen LogP contribution is 2.48. The number of rotatable bonds is 11. The van der Waals surface area contributed by atoms with Crippen LogP contribution in [0.2, 0.25) is 0 Å². The smallest absolute Gasteiger partial charge is 0.408 e. The number of sulfonamides is 1. The third-order valence-electron chi connectivity index (χ3n) is 13.0. The molecule has 324 valence electrons. The maximum atomic E-state index is 15.5. The lowest BCUT2D eigenvalue weighted by atomic mass is 9.81. The minimum absolute atomic E-state index is 0.0894. The highest BCUT2D eigenvalue weighted by Gasteiger charge is 2.63. The van der Waals surface area contributed by atoms with Crippen molar-refractivity contribution in [1.82, 2.24) is 24.8 Å². The van der Waals surface area contributed by atoms with Gasteiger partial charge in [-0.15, -0.1) is 0 Å². The Kier molecular flexibility index (Phi) is 12.0. The zero-order valence-corrected chi connectivity index (χ0v) is 35.6. The Labute approximate surface area is 344 Å². The van der Waals surface area contributed by atoms with Crippen LogP contribution >= 0.6 is 0 Å². The number of halogens is 2. The Hall–Kier alpha value is -4.54. The maximum absolute atomic E-state index is 15.5. The number of carboxylic acid groups (broad SMARTS) is 1. The molecule has 0 unspecified atom stereocenters. The largest absolute Gasteiger partial charge is 0.494 e. The fourth-order valence-electron chi connectivity index (χ4n) is 8.48. The molecular weight excluding hydrogens is 789 g/mol. The maximum Gasteiger partial charge on any atom is 0.408 e. The van der Waals surface area contributed by atoms with E-state index in [4.69, 9.17) is 9.47 Å². The van der Waals surface area contributed by atoms with Crippen molar-refractivity contribution in [3.63, 3.8) is 0 Å². The summed E-state index contributed by atoms with van der Waals surface area (Å²) >= 11 is 0. The number of nitrogens with one attached hydrogen (secondary N) is 2. The van der Waals surface area contributed by atoms with Crippen LogP contribution in [-0.2, 0) is 24.4 Å². The van der Waals surface area contributed by atoms with Crippen LogP contribution in [0, 0.1) is 17.8 Å². The van der Waals surface area contributed by atoms with E-state index in [2.05, 4.69) is 15.0 Å². The molecule has 6 rings (SSSR count). The second kappa shape index (κ2) is 16.1. The minimum Gasteiger partial charge on any atom is -0.494 e. The molecular formula is C42H57F2N5O9S. The number of allylic oxidation sites excluding steroid dienone is 1. The molecule has 0 spiro atoms. The number of hydrogen-bond acceptors (Lipinski definition) is 9. The molecule has 0 radical (unpaired) electrons. The summed E-state index contributed by atoms with van der Waals surface area (Å²) in [5.41, 5.74) is -4.03. The number of nitrogens with zero attached hydrogens (tertiary/aromatic N) is 3. The second-order valence-corrected chi connectivity index (χ2v) is 19.8. The summed E-state index contributed by atoms with van der Waals surface area (Å²) in [7, 11) is -4.09. The molecule has 4 aliphatic rings. The fourth-order valence-corrected chi connectivity index (χ4v) is 9.79. The summed E-state index contributed by atoms with van der Waals surface area (Å²) < 4.78 is 70.6. The number of carbonyl (C=O) groups excluding carboxylic acids is 3. The third-order valence-corrected chi connectivity index (χ3v) is 15.2. The molecule has 59 heavy (non-hydrogen) atoms. The van der Waals surface area contributed by atoms with Gasteiger partial charge in [-0.05, 0) is 108 Å². The zero-order valence-electron chi connectivity index (χ0n) is 34.8. The first-order valence-electron chi connectivity index (χ1n) is 20.5. The van der Waals surface area contributed by atoms with Crippen molar-refractivity contribution in [2.75, 3.05) is 13.2 Å². The van der Waals surface area contributed by atoms with Crippen molar-refractivity contribution >= 4 is 44.6 Å². The standard InChI is InChI=1S/C42H57F2N5O9S/c1-8-26-20-25(3)12-10-11-13-28-23-42(28,37(52)47-59(55,56)40(6)17-18-40)46-34(50)32-22-30(58-35-31-15-14-29(57-9-2)21-27(31)16-19-45-35)24-48(32)36(51)33(26)49(38(53)54)39(4,5)41(7,43)44/h11,13-16,19,21,25-26,28,30,32-33H,8-10,12,17-18,20,22-24H2,1-7H3,(H,46,50)(H,47,52)(H,53,54)/b13-11-/t25-,26+,28+,30+,32-,33-,42+/m0/s1. The van der Waals surface area contributed by atoms with Gasteiger partial charge in [0.05, 0.1) is 17.9 Å². The van der Waals surface area contributed by atoms with Gasteiger partial charge in [0.2, 0.25) is 27.7 Å². The van der Waals surface area contributed by atoms with E-state index in [0.717, 1.165) is 19.2 Å². The lowest BCUT2D eigenvalue weighted by Gasteiger charge is -2.47. The van der Waals surface area contributed by atoms with Gasteiger partial charge in [0, 0.05) is 30.8 Å². The van der Waals surface area contributed by atoms with Crippen molar-refractivity contribution in [2.45, 2.75) is 140 Å². The minimum atomic E-state index is -4.09. The SMILES string of the molecule is CCOc1ccc2c(O[C@@H]3C[C@H]4C(=O)N[C@]5(C(=O)NS(=O)(=O)C6(C)CC6)C[C@H]5/C=C\CC[C@H](C)C[C@@H](CC)[C@H](N(C(=O)O)C(C)(C)C(C)(F)F)C(=O)N4C3)nccc2c1. The van der Waals surface area contributed by atoms with E-state index >= 15 is 13.6 Å². The van der Waals surface area contributed by atoms with E-state index in [9.17, 15) is 27.9 Å². The molecule has 4 amide bonds. The summed E-state index contributed by atoms with van der Waals surface area (Å²) in [5.74, 6) is -6.69. The van der Waals surface area contributed by atoms with Crippen LogP contribution in [0.15, 0.2) is 42.6 Å². The summed E-state index contributed by atoms with van der Waals surface area (Å²) in [5, 5.41) is 14.9. The first-order chi connectivity index (χ1) is 27.6. The van der Waals surface area contributed by atoms with Gasteiger partial charge in [-0.2, -0.15) is 0 Å². The average molecular weight is 846 g/mol. The van der Waals surface area contributed by atoms with Gasteiger partial charge in [0.1, 0.15) is 35.0 Å². The number of amides is 4. The van der Waals surface area contributed by atoms with Crippen molar-refractivity contribution in [3.8, 4) is 11.6 Å². The van der Waals surface area contributed by atoms with Gasteiger partial charge in [0.25, 0.3) is 11.8 Å². The molecule has 2 aliphatic carbocycles. The number of aromatic nitrogens is 1. The van der Waals surface area contributed by atoms with Crippen molar-refractivity contribution in [1.29, 1.82) is 0 Å². The van der Waals surface area contributed by atoms with Crippen molar-refractivity contribution in [3.05, 3.63) is 42.6 Å². The highest BCUT2D eigenvalue weighted by molar-refractivity contribution is 7.91. The Bertz CT molecular complexity index is 2110. The van der Waals surface area contributed by atoms with E-state index < -0.39 is 85.6 Å². The molecule has 2 aromatic rings. The number of ether oxygens (including phenoxy) is 2. The van der Waals surface area contributed by atoms with Gasteiger partial charge >= 0.3 is 6.09 Å². The lowest BCUT2D eigenvalue weighted by molar-refractivity contribution is -0.157. The number of carbonyl (C=O) groups is 4. The molecule has 1 aromatic carbocycles. The van der Waals surface area contributed by atoms with Crippen LogP contribution in [-0.4, -0.2) is 105 Å². The van der Waals surface area contributed by atoms with Gasteiger partial charge < -0.3 is 24.8 Å². The molecule has 17 heteroatoms. The lowest BCUT2D eigenvalue weighted by Crippen LogP contribution is -2.67. The number of alkyl halides is 2. The van der Waals surface area contributed by atoms with Gasteiger partial charge in [-0.1, -0.05) is 32.4 Å². The summed E-state index contributed by atoms with van der Waals surface area (Å²) in [6, 6.07) is 4.11. The molecule has 14 nitrogen and oxygen atoms in total. The first-order valence-corrected chi connectivity index (χ1v) is 22.0. The van der Waals surface area contributed by atoms with E-state index in [1.54, 1.807) is 44.3 Å². The van der Waals surface area contributed by atoms with Crippen LogP contribution in [0.5, 0.6) is 11.6 Å². The fraction of sp³-hybridized carbons (Fsp3) is 0.643. The van der Waals surface area contributed by atoms with E-state index in [-0.39, 0.29) is 37.6 Å². The molecule has 1 aromatic heterocycles. The van der Waals surface area contributed by atoms with E-state index in [0.29, 0.717) is 61.7 Å². The van der Waals surface area contributed by atoms with E-state index in [1.165, 1.54) is 4.90 Å². The quantitative estimate of drug-likeness (QED) is 0.226. The number of hydrogen-bond donors (Lipinski definition) is 3. The second-order valence-electron chi connectivity index (χ2n) is 17.6. The van der Waals surface area contributed by atoms with Crippen LogP contribution in [0.25, 0.3) is 10.8 Å². The molecule has 7 atom stereocenters. The monoisotopic (exact) mass is 845 g/mol. The normalized spacial score (nSPS) is 29.2. The first kappa shape index (κ1) is 44.0. The van der Waals surface area contributed by atoms with E-state index in [1.807, 2.05) is 26.0 Å². The van der Waals surface area contributed by atoms with Crippen LogP contribution in [0.1, 0.15) is 99.8 Å².